The number of hydrogen-bond acceptors (Lipinski definition) is 10. The van der Waals surface area contributed by atoms with Crippen molar-refractivity contribution in [1.82, 2.24) is 0 Å². The van der Waals surface area contributed by atoms with Gasteiger partial charge in [-0.3, -0.25) is 19.2 Å². The Bertz CT molecular complexity index is 2270. The highest BCUT2D eigenvalue weighted by Crippen LogP contribution is 2.34. The van der Waals surface area contributed by atoms with Gasteiger partial charge in [-0.25, -0.2) is 0 Å². The molecule has 14 heteroatoms. The largest absolute Gasteiger partial charge is 0.487 e. The lowest BCUT2D eigenvalue weighted by molar-refractivity contribution is 0.0640. The third-order valence-electron chi connectivity index (χ3n) is 10.3. The molecule has 5 aromatic rings. The number of benzene rings is 5. The number of anilines is 4. The van der Waals surface area contributed by atoms with Crippen molar-refractivity contribution in [2.45, 2.75) is 26.2 Å². The average molecular weight is 843 g/mol. The summed E-state index contributed by atoms with van der Waals surface area (Å²) in [6.45, 7) is 7.85. The van der Waals surface area contributed by atoms with Crippen molar-refractivity contribution in [1.29, 1.82) is 0 Å². The summed E-state index contributed by atoms with van der Waals surface area (Å²) < 4.78 is 35.9. The highest BCUT2D eigenvalue weighted by Gasteiger charge is 2.22. The first-order valence-corrected chi connectivity index (χ1v) is 20.3. The van der Waals surface area contributed by atoms with E-state index in [0.29, 0.717) is 56.9 Å². The van der Waals surface area contributed by atoms with Crippen LogP contribution in [0.5, 0.6) is 23.0 Å². The van der Waals surface area contributed by atoms with Crippen LogP contribution >= 0.6 is 0 Å². The molecular weight excluding hydrogens is 793 g/mol. The van der Waals surface area contributed by atoms with Crippen LogP contribution in [0.1, 0.15) is 67.8 Å². The predicted octanol–water partition coefficient (Wildman–Crippen LogP) is 7.62. The van der Waals surface area contributed by atoms with Crippen molar-refractivity contribution < 1.29 is 47.6 Å². The van der Waals surface area contributed by atoms with Gasteiger partial charge in [-0.2, -0.15) is 0 Å². The van der Waals surface area contributed by atoms with Crippen molar-refractivity contribution in [2.75, 3.05) is 87.4 Å². The van der Waals surface area contributed by atoms with E-state index in [1.54, 1.807) is 111 Å². The first-order chi connectivity index (χ1) is 29.8. The summed E-state index contributed by atoms with van der Waals surface area (Å²) in [5.41, 5.74) is 3.79. The van der Waals surface area contributed by atoms with Crippen molar-refractivity contribution >= 4 is 46.4 Å². The fourth-order valence-electron chi connectivity index (χ4n) is 6.66. The molecule has 0 unspecified atom stereocenters. The van der Waals surface area contributed by atoms with Crippen LogP contribution in [0.25, 0.3) is 0 Å². The van der Waals surface area contributed by atoms with Crippen molar-refractivity contribution in [3.05, 3.63) is 131 Å². The fraction of sp³-hybridized carbons (Fsp3) is 0.292. The molecule has 0 radical (unpaired) electrons. The molecule has 0 aliphatic carbocycles. The number of carbonyl (C=O) groups is 4. The van der Waals surface area contributed by atoms with Crippen LogP contribution < -0.4 is 39.4 Å². The molecule has 62 heavy (non-hydrogen) atoms. The summed E-state index contributed by atoms with van der Waals surface area (Å²) >= 11 is 0. The topological polar surface area (TPSA) is 154 Å². The Morgan fingerprint density at radius 1 is 0.435 bits per heavy atom. The number of fused-ring (bicyclic) bond motifs is 2. The number of hydrogen-bond donors (Lipinski definition) is 2. The quantitative estimate of drug-likeness (QED) is 0.159. The van der Waals surface area contributed by atoms with Crippen LogP contribution in [0.15, 0.2) is 103 Å². The SMILES string of the molecule is CN1C(=O)c2ccc(cc2)NC(=O)c2cc(cc(C(C)(C)C)c2)C(=O)Nc2ccc(cc2)C(=O)N(C)c2ccc3c(c2)OCCOCCOc2cc1ccc2OCCOCCO3. The molecule has 5 aromatic carbocycles. The normalized spacial score (nSPS) is 16.0. The Kier molecular flexibility index (Phi) is 13.4. The maximum atomic E-state index is 13.7. The lowest BCUT2D eigenvalue weighted by Crippen LogP contribution is -2.26. The van der Waals surface area contributed by atoms with Crippen LogP contribution in [0.3, 0.4) is 0 Å². The van der Waals surface area contributed by atoms with Gasteiger partial charge in [-0.1, -0.05) is 20.8 Å². The molecule has 0 fully saturated rings. The van der Waals surface area contributed by atoms with E-state index < -0.39 is 11.8 Å². The standard InChI is InChI=1S/C48H50N4O10/c1-48(2,3)35-27-33-26-34(28-35)45(54)50-37-12-8-32(9-13-37)47(56)52(5)39-15-17-41-43(30-39)62-25-21-58-20-24-61-42-29-38(14-16-40(42)59-22-18-57-19-23-60-41)51(4)46(55)31-6-10-36(11-7-31)49-44(33)53/h6-17,26-30H,18-25H2,1-5H3,(H,49,53)(H,50,54). The number of ether oxygens (including phenoxy) is 6. The molecule has 0 atom stereocenters. The zero-order valence-corrected chi connectivity index (χ0v) is 35.4. The van der Waals surface area contributed by atoms with Gasteiger partial charge in [0.05, 0.1) is 26.4 Å². The molecule has 0 saturated carbocycles. The fourth-order valence-corrected chi connectivity index (χ4v) is 6.66. The summed E-state index contributed by atoms with van der Waals surface area (Å²) in [5.74, 6) is 0.357. The average Bonchev–Trinajstić information content (AvgIpc) is 3.27. The van der Waals surface area contributed by atoms with Crippen LogP contribution in [0, 0.1) is 0 Å². The van der Waals surface area contributed by atoms with Gasteiger partial charge >= 0.3 is 0 Å². The Labute approximate surface area is 360 Å². The number of rotatable bonds is 0. The lowest BCUT2D eigenvalue weighted by Gasteiger charge is -2.22. The molecule has 9 rings (SSSR count). The molecule has 4 heterocycles. The summed E-state index contributed by atoms with van der Waals surface area (Å²) in [7, 11) is 3.32. The second kappa shape index (κ2) is 19.2. The minimum atomic E-state index is -0.427. The molecule has 4 amide bonds. The van der Waals surface area contributed by atoms with E-state index in [2.05, 4.69) is 10.6 Å². The molecule has 0 spiro atoms. The summed E-state index contributed by atoms with van der Waals surface area (Å²) in [4.78, 5) is 57.8. The second-order valence-corrected chi connectivity index (χ2v) is 15.7. The van der Waals surface area contributed by atoms with Crippen LogP contribution in [0.2, 0.25) is 0 Å². The molecule has 0 saturated heterocycles. The van der Waals surface area contributed by atoms with E-state index in [1.807, 2.05) is 20.8 Å². The Morgan fingerprint density at radius 3 is 1.18 bits per heavy atom. The van der Waals surface area contributed by atoms with E-state index in [0.717, 1.165) is 5.56 Å². The molecule has 10 bridgehead atoms. The summed E-state index contributed by atoms with van der Waals surface area (Å²) in [6, 6.07) is 28.7. The molecule has 322 valence electrons. The molecule has 2 N–H and O–H groups in total. The number of amides is 4. The van der Waals surface area contributed by atoms with Gasteiger partial charge in [0.25, 0.3) is 23.6 Å². The third-order valence-corrected chi connectivity index (χ3v) is 10.3. The molecular formula is C48H50N4O10. The first kappa shape index (κ1) is 43.2. The van der Waals surface area contributed by atoms with Crippen LogP contribution in [-0.2, 0) is 14.9 Å². The Hall–Kier alpha value is -6.90. The van der Waals surface area contributed by atoms with Crippen LogP contribution in [-0.4, -0.2) is 90.6 Å². The summed E-state index contributed by atoms with van der Waals surface area (Å²) in [5, 5.41) is 5.81. The molecule has 4 aliphatic rings. The zero-order chi connectivity index (χ0) is 43.8. The lowest BCUT2D eigenvalue weighted by atomic mass is 9.85. The minimum Gasteiger partial charge on any atom is -0.487 e. The second-order valence-electron chi connectivity index (χ2n) is 15.7. The monoisotopic (exact) mass is 842 g/mol. The van der Waals surface area contributed by atoms with E-state index in [-0.39, 0.29) is 81.2 Å². The van der Waals surface area contributed by atoms with Gasteiger partial charge in [0.2, 0.25) is 0 Å². The predicted molar refractivity (Wildman–Crippen MR) is 236 cm³/mol. The molecule has 0 aromatic heterocycles. The van der Waals surface area contributed by atoms with Crippen molar-refractivity contribution in [2.24, 2.45) is 0 Å². The van der Waals surface area contributed by atoms with Gasteiger partial charge in [0, 0.05) is 71.2 Å². The van der Waals surface area contributed by atoms with E-state index in [1.165, 1.54) is 15.9 Å². The number of nitrogens with zero attached hydrogens (tertiary/aromatic N) is 2. The van der Waals surface area contributed by atoms with Crippen molar-refractivity contribution in [3.8, 4) is 23.0 Å². The van der Waals surface area contributed by atoms with Gasteiger partial charge in [0.1, 0.15) is 26.4 Å². The van der Waals surface area contributed by atoms with E-state index in [4.69, 9.17) is 28.4 Å². The van der Waals surface area contributed by atoms with E-state index in [9.17, 15) is 19.2 Å². The maximum absolute atomic E-state index is 13.7. The highest BCUT2D eigenvalue weighted by molar-refractivity contribution is 6.10. The number of nitrogens with one attached hydrogen (secondary N) is 2. The Balaban J connectivity index is 1.22. The van der Waals surface area contributed by atoms with Gasteiger partial charge in [-0.15, -0.1) is 0 Å². The Morgan fingerprint density at radius 2 is 0.806 bits per heavy atom. The van der Waals surface area contributed by atoms with Gasteiger partial charge in [0.15, 0.2) is 23.0 Å². The molecule has 4 aliphatic heterocycles. The van der Waals surface area contributed by atoms with Gasteiger partial charge in [-0.05, 0) is 102 Å². The first-order valence-electron chi connectivity index (χ1n) is 20.3. The zero-order valence-electron chi connectivity index (χ0n) is 35.4. The van der Waals surface area contributed by atoms with E-state index >= 15 is 0 Å². The van der Waals surface area contributed by atoms with Gasteiger partial charge < -0.3 is 48.9 Å². The molecule has 14 nitrogen and oxygen atoms in total. The smallest absolute Gasteiger partial charge is 0.258 e. The summed E-state index contributed by atoms with van der Waals surface area (Å²) in [6.07, 6.45) is 0. The minimum absolute atomic E-state index is 0.188. The third kappa shape index (κ3) is 10.5. The highest BCUT2D eigenvalue weighted by atomic mass is 16.6. The van der Waals surface area contributed by atoms with Crippen LogP contribution in [0.4, 0.5) is 22.7 Å². The van der Waals surface area contributed by atoms with Crippen molar-refractivity contribution in [3.63, 3.8) is 0 Å². The maximum Gasteiger partial charge on any atom is 0.258 e. The number of carbonyl (C=O) groups excluding carboxylic acids is 4.